The van der Waals surface area contributed by atoms with Crippen LogP contribution in [0.3, 0.4) is 0 Å². The number of benzene rings is 2. The Hall–Kier alpha value is -2.68. The number of aromatic nitrogens is 2. The summed E-state index contributed by atoms with van der Waals surface area (Å²) < 4.78 is 7.23. The third kappa shape index (κ3) is 4.98. The average molecular weight is 465 g/mol. The summed E-state index contributed by atoms with van der Waals surface area (Å²) in [4.78, 5) is 35.2. The Bertz CT molecular complexity index is 1180. The third-order valence-corrected chi connectivity index (χ3v) is 7.31. The van der Waals surface area contributed by atoms with E-state index in [1.54, 1.807) is 16.3 Å². The van der Waals surface area contributed by atoms with Crippen molar-refractivity contribution in [3.63, 3.8) is 0 Å². The van der Waals surface area contributed by atoms with Crippen molar-refractivity contribution in [2.24, 2.45) is 0 Å². The van der Waals surface area contributed by atoms with Gasteiger partial charge in [0.2, 0.25) is 5.91 Å². The molecule has 0 radical (unpaired) electrons. The molecule has 1 atom stereocenters. The van der Waals surface area contributed by atoms with Crippen molar-refractivity contribution < 1.29 is 9.53 Å². The average Bonchev–Trinajstić information content (AvgIpc) is 3.24. The number of hydrogen-bond donors (Lipinski definition) is 0. The van der Waals surface area contributed by atoms with Crippen molar-refractivity contribution in [2.45, 2.75) is 23.2 Å². The number of nitrogens with zero attached hydrogens (tertiary/aromatic N) is 4. The van der Waals surface area contributed by atoms with Crippen molar-refractivity contribution in [3.05, 3.63) is 65.0 Å². The lowest BCUT2D eigenvalue weighted by molar-refractivity contribution is -0.127. The van der Waals surface area contributed by atoms with Gasteiger partial charge in [-0.3, -0.25) is 19.1 Å². The second kappa shape index (κ2) is 10.1. The number of likely N-dealkylation sites (tertiary alicyclic amines) is 1. The number of carbonyl (C=O) groups excluding carboxylic acids is 1. The van der Waals surface area contributed by atoms with Crippen LogP contribution in [0.4, 0.5) is 0 Å². The number of thioether (sulfide) groups is 1. The monoisotopic (exact) mass is 464 g/mol. The normalized spacial score (nSPS) is 18.2. The lowest BCUT2D eigenvalue weighted by Gasteiger charge is -2.32. The first-order chi connectivity index (χ1) is 16.2. The molecule has 0 spiro atoms. The first-order valence-electron chi connectivity index (χ1n) is 11.5. The minimum atomic E-state index is -0.0725. The van der Waals surface area contributed by atoms with Crippen molar-refractivity contribution >= 4 is 28.6 Å². The Labute approximate surface area is 197 Å². The third-order valence-electron chi connectivity index (χ3n) is 6.19. The van der Waals surface area contributed by atoms with Crippen LogP contribution in [-0.2, 0) is 9.53 Å². The van der Waals surface area contributed by atoms with Gasteiger partial charge in [0.25, 0.3) is 5.56 Å². The summed E-state index contributed by atoms with van der Waals surface area (Å²) in [6.07, 6.45) is 1.54. The predicted octanol–water partition coefficient (Wildman–Crippen LogP) is 2.80. The highest BCUT2D eigenvalue weighted by Crippen LogP contribution is 2.27. The number of hydrogen-bond acceptors (Lipinski definition) is 6. The number of rotatable bonds is 7. The van der Waals surface area contributed by atoms with Crippen LogP contribution in [-0.4, -0.2) is 76.4 Å². The molecule has 172 valence electrons. The number of amides is 1. The Morgan fingerprint density at radius 3 is 2.45 bits per heavy atom. The molecule has 8 heteroatoms. The van der Waals surface area contributed by atoms with Crippen molar-refractivity contribution in [3.8, 4) is 5.69 Å². The summed E-state index contributed by atoms with van der Waals surface area (Å²) in [6.45, 7) is 5.47. The molecule has 2 saturated heterocycles. The van der Waals surface area contributed by atoms with Crippen LogP contribution in [0.5, 0.6) is 0 Å². The van der Waals surface area contributed by atoms with Crippen LogP contribution < -0.4 is 5.56 Å². The quantitative estimate of drug-likeness (QED) is 0.396. The van der Waals surface area contributed by atoms with E-state index in [9.17, 15) is 9.59 Å². The molecule has 3 heterocycles. The van der Waals surface area contributed by atoms with E-state index in [1.807, 2.05) is 59.5 Å². The molecule has 33 heavy (non-hydrogen) atoms. The van der Waals surface area contributed by atoms with Gasteiger partial charge in [0, 0.05) is 44.4 Å². The molecule has 7 nitrogen and oxygen atoms in total. The standard InChI is InChI=1S/C25H28N4O3S/c30-23-11-6-12-28(23)18-20(17-27-13-15-32-16-14-27)33-25-26-22-10-5-4-9-21(22)24(31)29(25)19-7-2-1-3-8-19/h1-5,7-10,20H,6,11-18H2/t20-/m1/s1. The topological polar surface area (TPSA) is 67.7 Å². The molecule has 1 aromatic heterocycles. The molecule has 0 unspecified atom stereocenters. The maximum Gasteiger partial charge on any atom is 0.266 e. The number of para-hydroxylation sites is 2. The van der Waals surface area contributed by atoms with Crippen molar-refractivity contribution in [1.82, 2.24) is 19.4 Å². The van der Waals surface area contributed by atoms with Gasteiger partial charge in [0.15, 0.2) is 5.16 Å². The van der Waals surface area contributed by atoms with E-state index in [1.165, 1.54) is 0 Å². The number of carbonyl (C=O) groups is 1. The van der Waals surface area contributed by atoms with Gasteiger partial charge in [-0.15, -0.1) is 0 Å². The van der Waals surface area contributed by atoms with E-state index in [4.69, 9.17) is 9.72 Å². The molecule has 2 aliphatic heterocycles. The Balaban J connectivity index is 1.53. The zero-order valence-corrected chi connectivity index (χ0v) is 19.4. The molecule has 0 saturated carbocycles. The maximum absolute atomic E-state index is 13.5. The fraction of sp³-hybridized carbons (Fsp3) is 0.400. The number of ether oxygens (including phenoxy) is 1. The SMILES string of the molecule is O=C1CCCN1C[C@@H](CN1CCOCC1)Sc1nc2ccccc2c(=O)n1-c1ccccc1. The summed E-state index contributed by atoms with van der Waals surface area (Å²) in [7, 11) is 0. The first-order valence-corrected chi connectivity index (χ1v) is 12.4. The van der Waals surface area contributed by atoms with Crippen LogP contribution in [0.1, 0.15) is 12.8 Å². The minimum Gasteiger partial charge on any atom is -0.379 e. The molecule has 5 rings (SSSR count). The van der Waals surface area contributed by atoms with Crippen molar-refractivity contribution in [2.75, 3.05) is 45.9 Å². The number of morpholine rings is 1. The fourth-order valence-electron chi connectivity index (χ4n) is 4.49. The zero-order valence-electron chi connectivity index (χ0n) is 18.6. The molecule has 0 aliphatic carbocycles. The van der Waals surface area contributed by atoms with Gasteiger partial charge in [-0.1, -0.05) is 42.1 Å². The summed E-state index contributed by atoms with van der Waals surface area (Å²) in [5, 5.41) is 1.35. The highest BCUT2D eigenvalue weighted by molar-refractivity contribution is 7.99. The molecule has 1 amide bonds. The summed E-state index contributed by atoms with van der Waals surface area (Å²) in [5.74, 6) is 0.217. The zero-order chi connectivity index (χ0) is 22.6. The number of fused-ring (bicyclic) bond motifs is 1. The molecule has 0 N–H and O–H groups in total. The lowest BCUT2D eigenvalue weighted by atomic mass is 10.2. The molecular weight excluding hydrogens is 436 g/mol. The smallest absolute Gasteiger partial charge is 0.266 e. The van der Waals surface area contributed by atoms with Crippen molar-refractivity contribution in [1.29, 1.82) is 0 Å². The fourth-order valence-corrected chi connectivity index (χ4v) is 5.77. The summed E-state index contributed by atoms with van der Waals surface area (Å²) >= 11 is 1.60. The van der Waals surface area contributed by atoms with E-state index >= 15 is 0 Å². The maximum atomic E-state index is 13.5. The van der Waals surface area contributed by atoms with Crippen LogP contribution in [0.2, 0.25) is 0 Å². The lowest BCUT2D eigenvalue weighted by Crippen LogP contribution is -2.44. The molecule has 2 aliphatic rings. The Morgan fingerprint density at radius 1 is 0.939 bits per heavy atom. The second-order valence-electron chi connectivity index (χ2n) is 8.48. The van der Waals surface area contributed by atoms with Crippen LogP contribution in [0, 0.1) is 0 Å². The van der Waals surface area contributed by atoms with Gasteiger partial charge in [0.1, 0.15) is 0 Å². The van der Waals surface area contributed by atoms with E-state index in [0.29, 0.717) is 29.0 Å². The first kappa shape index (κ1) is 22.1. The van der Waals surface area contributed by atoms with Crippen LogP contribution in [0.15, 0.2) is 64.5 Å². The minimum absolute atomic E-state index is 0.0725. The van der Waals surface area contributed by atoms with Crippen LogP contribution in [0.25, 0.3) is 16.6 Å². The van der Waals surface area contributed by atoms with Crippen LogP contribution >= 0.6 is 11.8 Å². The highest BCUT2D eigenvalue weighted by Gasteiger charge is 2.27. The van der Waals surface area contributed by atoms with E-state index < -0.39 is 0 Å². The second-order valence-corrected chi connectivity index (χ2v) is 9.75. The summed E-state index contributed by atoms with van der Waals surface area (Å²) in [6, 6.07) is 17.2. The molecule has 2 fully saturated rings. The largest absolute Gasteiger partial charge is 0.379 e. The van der Waals surface area contributed by atoms with E-state index in [-0.39, 0.29) is 16.7 Å². The van der Waals surface area contributed by atoms with Gasteiger partial charge >= 0.3 is 0 Å². The van der Waals surface area contributed by atoms with Gasteiger partial charge in [-0.2, -0.15) is 0 Å². The van der Waals surface area contributed by atoms with Gasteiger partial charge in [-0.05, 0) is 30.7 Å². The van der Waals surface area contributed by atoms with Gasteiger partial charge in [0.05, 0.1) is 29.8 Å². The molecule has 0 bridgehead atoms. The Morgan fingerprint density at radius 2 is 1.70 bits per heavy atom. The summed E-state index contributed by atoms with van der Waals surface area (Å²) in [5.41, 5.74) is 1.42. The van der Waals surface area contributed by atoms with E-state index in [0.717, 1.165) is 51.5 Å². The van der Waals surface area contributed by atoms with Gasteiger partial charge in [-0.25, -0.2) is 4.98 Å². The van der Waals surface area contributed by atoms with E-state index in [2.05, 4.69) is 4.90 Å². The predicted molar refractivity (Wildman–Crippen MR) is 130 cm³/mol. The molecule has 2 aromatic carbocycles. The van der Waals surface area contributed by atoms with Gasteiger partial charge < -0.3 is 9.64 Å². The molecule has 3 aromatic rings. The Kier molecular flexibility index (Phi) is 6.75. The highest BCUT2D eigenvalue weighted by atomic mass is 32.2. The molecular formula is C25H28N4O3S.